The molecule has 0 aliphatic carbocycles. The van der Waals surface area contributed by atoms with Crippen molar-refractivity contribution in [3.05, 3.63) is 11.9 Å². The Labute approximate surface area is 155 Å². The molecule has 0 bridgehead atoms. The Morgan fingerprint density at radius 1 is 1.35 bits per heavy atom. The Hall–Kier alpha value is -1.55. The molecule has 2 heterocycles. The van der Waals surface area contributed by atoms with Gasteiger partial charge in [0.2, 0.25) is 5.91 Å². The molecule has 0 radical (unpaired) electrons. The smallest absolute Gasteiger partial charge is 0.234 e. The number of aliphatic hydroxyl groups is 1. The van der Waals surface area contributed by atoms with E-state index in [0.717, 1.165) is 38.0 Å². The van der Waals surface area contributed by atoms with E-state index in [2.05, 4.69) is 20.5 Å². The lowest BCUT2D eigenvalue weighted by atomic mass is 9.97. The van der Waals surface area contributed by atoms with E-state index in [4.69, 9.17) is 4.74 Å². The van der Waals surface area contributed by atoms with E-state index >= 15 is 0 Å². The van der Waals surface area contributed by atoms with E-state index in [0.29, 0.717) is 6.54 Å². The number of hydrogen-bond acceptors (Lipinski definition) is 7. The van der Waals surface area contributed by atoms with Crippen LogP contribution in [0.15, 0.2) is 6.20 Å². The lowest BCUT2D eigenvalue weighted by Crippen LogP contribution is -2.52. The van der Waals surface area contributed by atoms with E-state index in [1.165, 1.54) is 0 Å². The van der Waals surface area contributed by atoms with Crippen LogP contribution in [0, 0.1) is 0 Å². The molecule has 1 saturated heterocycles. The minimum atomic E-state index is -0.361. The van der Waals surface area contributed by atoms with Gasteiger partial charge in [-0.3, -0.25) is 9.48 Å². The summed E-state index contributed by atoms with van der Waals surface area (Å²) in [6, 6.07) is -0.137. The number of aromatic nitrogens is 3. The van der Waals surface area contributed by atoms with E-state index in [9.17, 15) is 9.90 Å². The molecule has 2 N–H and O–H groups in total. The third-order valence-electron chi connectivity index (χ3n) is 4.35. The van der Waals surface area contributed by atoms with Crippen molar-refractivity contribution in [2.75, 3.05) is 41.3 Å². The number of hydrogen-bond donors (Lipinski definition) is 2. The van der Waals surface area contributed by atoms with Gasteiger partial charge in [-0.05, 0) is 47.5 Å². The number of nitrogens with zero attached hydrogens (tertiary/aromatic N) is 5. The molecule has 1 aromatic rings. The minimum Gasteiger partial charge on any atom is -0.394 e. The number of rotatable bonds is 9. The number of aryl methyl sites for hydroxylation is 1. The van der Waals surface area contributed by atoms with Crippen LogP contribution in [0.5, 0.6) is 0 Å². The van der Waals surface area contributed by atoms with Crippen LogP contribution in [0.2, 0.25) is 0 Å². The molecular weight excluding hydrogens is 336 g/mol. The monoisotopic (exact) mass is 368 g/mol. The first-order valence-electron chi connectivity index (χ1n) is 9.11. The summed E-state index contributed by atoms with van der Waals surface area (Å²) >= 11 is 0. The SMILES string of the molecule is CN(C)CC(=O)N[C@@H]1CC[C@@H](CCn2cc(CN(C)C)nn2)O[C@@H]1CO. The second kappa shape index (κ2) is 9.96. The van der Waals surface area contributed by atoms with E-state index in [1.54, 1.807) is 0 Å². The topological polar surface area (TPSA) is 95.8 Å². The van der Waals surface area contributed by atoms with Gasteiger partial charge in [0.05, 0.1) is 31.0 Å². The van der Waals surface area contributed by atoms with Gasteiger partial charge in [-0.1, -0.05) is 5.21 Å². The highest BCUT2D eigenvalue weighted by molar-refractivity contribution is 5.78. The van der Waals surface area contributed by atoms with Crippen LogP contribution >= 0.6 is 0 Å². The zero-order valence-electron chi connectivity index (χ0n) is 16.3. The van der Waals surface area contributed by atoms with Crippen LogP contribution in [0.3, 0.4) is 0 Å². The van der Waals surface area contributed by atoms with Crippen molar-refractivity contribution in [2.45, 2.75) is 50.6 Å². The van der Waals surface area contributed by atoms with Gasteiger partial charge >= 0.3 is 0 Å². The normalized spacial score (nSPS) is 23.6. The fourth-order valence-electron chi connectivity index (χ4n) is 3.17. The van der Waals surface area contributed by atoms with E-state index in [-0.39, 0.29) is 30.8 Å². The number of aliphatic hydroxyl groups excluding tert-OH is 1. The van der Waals surface area contributed by atoms with Crippen LogP contribution in [-0.2, 0) is 22.6 Å². The first-order chi connectivity index (χ1) is 12.4. The van der Waals surface area contributed by atoms with Crippen LogP contribution in [0.4, 0.5) is 0 Å². The molecule has 1 aliphatic rings. The summed E-state index contributed by atoms with van der Waals surface area (Å²) in [6.45, 7) is 1.72. The summed E-state index contributed by atoms with van der Waals surface area (Å²) in [7, 11) is 7.70. The first-order valence-corrected chi connectivity index (χ1v) is 9.11. The molecule has 1 amide bonds. The van der Waals surface area contributed by atoms with Crippen molar-refractivity contribution in [3.8, 4) is 0 Å². The van der Waals surface area contributed by atoms with Crippen LogP contribution in [0.25, 0.3) is 0 Å². The summed E-state index contributed by atoms with van der Waals surface area (Å²) in [5.41, 5.74) is 0.941. The zero-order valence-corrected chi connectivity index (χ0v) is 16.3. The van der Waals surface area contributed by atoms with Crippen molar-refractivity contribution in [1.82, 2.24) is 30.1 Å². The average molecular weight is 368 g/mol. The summed E-state index contributed by atoms with van der Waals surface area (Å²) in [4.78, 5) is 15.8. The largest absolute Gasteiger partial charge is 0.394 e. The molecule has 1 aromatic heterocycles. The number of carbonyl (C=O) groups excluding carboxylic acids is 1. The fraction of sp³-hybridized carbons (Fsp3) is 0.824. The predicted molar refractivity (Wildman–Crippen MR) is 97.5 cm³/mol. The Bertz CT molecular complexity index is 562. The van der Waals surface area contributed by atoms with E-state index < -0.39 is 0 Å². The van der Waals surface area contributed by atoms with Gasteiger partial charge in [-0.25, -0.2) is 0 Å². The summed E-state index contributed by atoms with van der Waals surface area (Å²) in [5, 5.41) is 20.9. The molecule has 9 nitrogen and oxygen atoms in total. The third-order valence-corrected chi connectivity index (χ3v) is 4.35. The molecular formula is C17H32N6O3. The Morgan fingerprint density at radius 2 is 2.12 bits per heavy atom. The fourth-order valence-corrected chi connectivity index (χ4v) is 3.17. The summed E-state index contributed by atoms with van der Waals surface area (Å²) in [5.74, 6) is -0.0449. The van der Waals surface area contributed by atoms with E-state index in [1.807, 2.05) is 44.0 Å². The highest BCUT2D eigenvalue weighted by Gasteiger charge is 2.31. The number of nitrogens with one attached hydrogen (secondary N) is 1. The van der Waals surface area contributed by atoms with Gasteiger partial charge in [0.1, 0.15) is 6.10 Å². The molecule has 1 aliphatic heterocycles. The van der Waals surface area contributed by atoms with Crippen LogP contribution in [-0.4, -0.2) is 95.4 Å². The second-order valence-corrected chi connectivity index (χ2v) is 7.47. The lowest BCUT2D eigenvalue weighted by Gasteiger charge is -2.36. The Balaban J connectivity index is 1.79. The maximum Gasteiger partial charge on any atom is 0.234 e. The van der Waals surface area contributed by atoms with Crippen molar-refractivity contribution in [1.29, 1.82) is 0 Å². The standard InChI is InChI=1S/C17H32N6O3/c1-21(2)9-13-10-23(20-19-13)8-7-14-5-6-15(16(12-24)26-14)18-17(25)11-22(3)4/h10,14-16,24H,5-9,11-12H2,1-4H3,(H,18,25)/t14-,15+,16+/m0/s1. The van der Waals surface area contributed by atoms with Crippen molar-refractivity contribution < 1.29 is 14.6 Å². The molecule has 2 rings (SSSR count). The van der Waals surface area contributed by atoms with Gasteiger partial charge in [0.25, 0.3) is 0 Å². The van der Waals surface area contributed by atoms with Crippen LogP contribution in [0.1, 0.15) is 25.0 Å². The maximum atomic E-state index is 11.9. The highest BCUT2D eigenvalue weighted by atomic mass is 16.5. The Morgan fingerprint density at radius 3 is 2.77 bits per heavy atom. The number of carbonyl (C=O) groups is 1. The molecule has 0 spiro atoms. The summed E-state index contributed by atoms with van der Waals surface area (Å²) < 4.78 is 7.83. The van der Waals surface area contributed by atoms with Crippen molar-refractivity contribution >= 4 is 5.91 Å². The zero-order chi connectivity index (χ0) is 19.1. The molecule has 148 valence electrons. The maximum absolute atomic E-state index is 11.9. The van der Waals surface area contributed by atoms with Gasteiger partial charge < -0.3 is 25.0 Å². The van der Waals surface area contributed by atoms with Crippen molar-refractivity contribution in [2.24, 2.45) is 0 Å². The predicted octanol–water partition coefficient (Wildman–Crippen LogP) is -0.684. The molecule has 1 fully saturated rings. The third kappa shape index (κ3) is 6.64. The first kappa shape index (κ1) is 20.8. The highest BCUT2D eigenvalue weighted by Crippen LogP contribution is 2.22. The van der Waals surface area contributed by atoms with Crippen LogP contribution < -0.4 is 5.32 Å². The lowest BCUT2D eigenvalue weighted by molar-refractivity contribution is -0.129. The molecule has 26 heavy (non-hydrogen) atoms. The van der Waals surface area contributed by atoms with Gasteiger partial charge in [0.15, 0.2) is 0 Å². The van der Waals surface area contributed by atoms with Crippen molar-refractivity contribution in [3.63, 3.8) is 0 Å². The second-order valence-electron chi connectivity index (χ2n) is 7.47. The average Bonchev–Trinajstić information content (AvgIpc) is 2.99. The molecule has 0 saturated carbocycles. The molecule has 0 unspecified atom stereocenters. The quantitative estimate of drug-likeness (QED) is 0.596. The van der Waals surface area contributed by atoms with Gasteiger partial charge in [0, 0.05) is 19.3 Å². The van der Waals surface area contributed by atoms with Gasteiger partial charge in [-0.2, -0.15) is 0 Å². The summed E-state index contributed by atoms with van der Waals surface area (Å²) in [6.07, 6.45) is 4.10. The number of likely N-dealkylation sites (N-methyl/N-ethyl adjacent to an activating group) is 1. The Kier molecular flexibility index (Phi) is 7.95. The molecule has 0 aromatic carbocycles. The minimum absolute atomic E-state index is 0.0449. The van der Waals surface area contributed by atoms with Gasteiger partial charge in [-0.15, -0.1) is 5.10 Å². The molecule has 3 atom stereocenters. The molecule has 9 heteroatoms. The number of ether oxygens (including phenoxy) is 1. The number of amides is 1.